The molecule has 0 saturated carbocycles. The number of carbonyl (C=O) groups is 2. The van der Waals surface area contributed by atoms with Crippen LogP contribution in [0.5, 0.6) is 0 Å². The van der Waals surface area contributed by atoms with Gasteiger partial charge in [-0.3, -0.25) is 10.1 Å². The van der Waals surface area contributed by atoms with Crippen LogP contribution in [-0.2, 0) is 14.3 Å². The highest BCUT2D eigenvalue weighted by molar-refractivity contribution is 5.70. The van der Waals surface area contributed by atoms with E-state index in [-0.39, 0.29) is 12.8 Å². The summed E-state index contributed by atoms with van der Waals surface area (Å²) in [5.41, 5.74) is 0. The summed E-state index contributed by atoms with van der Waals surface area (Å²) in [6.07, 6.45) is -2.34. The van der Waals surface area contributed by atoms with Crippen molar-refractivity contribution in [3.05, 3.63) is 0 Å². The zero-order chi connectivity index (χ0) is 12.6. The highest BCUT2D eigenvalue weighted by Crippen LogP contribution is 2.00. The van der Waals surface area contributed by atoms with Crippen LogP contribution in [0.3, 0.4) is 0 Å². The highest BCUT2D eigenvalue weighted by atomic mass is 19.1. The van der Waals surface area contributed by atoms with E-state index in [2.05, 4.69) is 4.74 Å². The first kappa shape index (κ1) is 14.7. The summed E-state index contributed by atoms with van der Waals surface area (Å²) in [5, 5.41) is 1.95. The minimum atomic E-state index is -1.45. The van der Waals surface area contributed by atoms with Crippen LogP contribution in [0.2, 0.25) is 0 Å². The molecule has 0 radical (unpaired) electrons. The maximum Gasteiger partial charge on any atom is 0.412 e. The second-order valence-corrected chi connectivity index (χ2v) is 3.23. The van der Waals surface area contributed by atoms with E-state index in [1.807, 2.05) is 12.2 Å². The number of nitrogens with one attached hydrogen (secondary N) is 1. The number of alkyl halides is 1. The molecular formula is C10H18FNO4. The third-order valence-corrected chi connectivity index (χ3v) is 1.66. The second kappa shape index (κ2) is 7.90. The first-order chi connectivity index (χ1) is 7.49. The summed E-state index contributed by atoms with van der Waals surface area (Å²) in [7, 11) is 0. The lowest BCUT2D eigenvalue weighted by atomic mass is 10.3. The monoisotopic (exact) mass is 235 g/mol. The largest absolute Gasteiger partial charge is 0.425 e. The molecule has 1 N–H and O–H groups in total. The summed E-state index contributed by atoms with van der Waals surface area (Å²) in [6, 6.07) is 0. The molecular weight excluding hydrogens is 217 g/mol. The van der Waals surface area contributed by atoms with Gasteiger partial charge in [-0.2, -0.15) is 0 Å². The molecule has 0 aliphatic heterocycles. The van der Waals surface area contributed by atoms with Crippen molar-refractivity contribution in [3.63, 3.8) is 0 Å². The van der Waals surface area contributed by atoms with Crippen LogP contribution in [0.25, 0.3) is 0 Å². The van der Waals surface area contributed by atoms with Gasteiger partial charge in [-0.25, -0.2) is 9.18 Å². The Bertz CT molecular complexity index is 235. The molecule has 0 fully saturated rings. The number of alkyl carbamates (subject to hydrolysis) is 1. The summed E-state index contributed by atoms with van der Waals surface area (Å²) < 4.78 is 22.0. The smallest absolute Gasteiger partial charge is 0.412 e. The predicted octanol–water partition coefficient (Wildman–Crippen LogP) is 2.11. The van der Waals surface area contributed by atoms with Crippen molar-refractivity contribution in [3.8, 4) is 0 Å². The van der Waals surface area contributed by atoms with E-state index in [1.165, 1.54) is 6.92 Å². The van der Waals surface area contributed by atoms with E-state index >= 15 is 0 Å². The van der Waals surface area contributed by atoms with E-state index in [1.54, 1.807) is 6.92 Å². The first-order valence-corrected chi connectivity index (χ1v) is 5.30. The van der Waals surface area contributed by atoms with Crippen LogP contribution in [0.4, 0.5) is 9.18 Å². The lowest BCUT2D eigenvalue weighted by Crippen LogP contribution is -2.34. The molecule has 1 amide bonds. The molecule has 0 bridgehead atoms. The first-order valence-electron chi connectivity index (χ1n) is 5.30. The van der Waals surface area contributed by atoms with Crippen molar-refractivity contribution in [2.75, 3.05) is 0 Å². The molecule has 2 unspecified atom stereocenters. The van der Waals surface area contributed by atoms with E-state index in [0.717, 1.165) is 0 Å². The summed E-state index contributed by atoms with van der Waals surface area (Å²) in [4.78, 5) is 22.0. The minimum Gasteiger partial charge on any atom is -0.425 e. The number of hydrogen-bond acceptors (Lipinski definition) is 4. The fourth-order valence-corrected chi connectivity index (χ4v) is 0.887. The second-order valence-electron chi connectivity index (χ2n) is 3.23. The number of ether oxygens (including phenoxy) is 2. The van der Waals surface area contributed by atoms with Crippen molar-refractivity contribution in [1.29, 1.82) is 0 Å². The summed E-state index contributed by atoms with van der Waals surface area (Å²) in [6.45, 7) is 4.80. The average molecular weight is 235 g/mol. The Kier molecular flexibility index (Phi) is 7.24. The third-order valence-electron chi connectivity index (χ3n) is 1.66. The van der Waals surface area contributed by atoms with E-state index < -0.39 is 24.6 Å². The number of rotatable bonds is 6. The molecule has 0 saturated heterocycles. The Morgan fingerprint density at radius 2 is 1.94 bits per heavy atom. The van der Waals surface area contributed by atoms with Crippen molar-refractivity contribution < 1.29 is 23.5 Å². The van der Waals surface area contributed by atoms with Gasteiger partial charge >= 0.3 is 12.1 Å². The van der Waals surface area contributed by atoms with Gasteiger partial charge in [0.1, 0.15) is 0 Å². The zero-order valence-corrected chi connectivity index (χ0v) is 9.79. The molecule has 0 aliphatic carbocycles. The Morgan fingerprint density at radius 3 is 2.44 bits per heavy atom. The molecule has 0 rings (SSSR count). The van der Waals surface area contributed by atoms with Crippen LogP contribution in [0.15, 0.2) is 0 Å². The number of hydrogen-bond donors (Lipinski definition) is 1. The Morgan fingerprint density at radius 1 is 1.31 bits per heavy atom. The van der Waals surface area contributed by atoms with Crippen LogP contribution in [0, 0.1) is 0 Å². The maximum atomic E-state index is 12.7. The normalized spacial score (nSPS) is 13.8. The summed E-state index contributed by atoms with van der Waals surface area (Å²) in [5.74, 6) is -0.449. The van der Waals surface area contributed by atoms with Crippen LogP contribution in [0.1, 0.15) is 40.0 Å². The van der Waals surface area contributed by atoms with Gasteiger partial charge in [0, 0.05) is 13.3 Å². The minimum absolute atomic E-state index is 0.152. The van der Waals surface area contributed by atoms with Gasteiger partial charge in [-0.15, -0.1) is 0 Å². The molecule has 0 spiro atoms. The number of amides is 1. The van der Waals surface area contributed by atoms with Crippen LogP contribution < -0.4 is 5.32 Å². The lowest BCUT2D eigenvalue weighted by molar-refractivity contribution is -0.165. The Balaban J connectivity index is 3.82. The van der Waals surface area contributed by atoms with Crippen LogP contribution in [-0.4, -0.2) is 24.6 Å². The van der Waals surface area contributed by atoms with Crippen molar-refractivity contribution in [1.82, 2.24) is 5.32 Å². The molecule has 5 nitrogen and oxygen atoms in total. The van der Waals surface area contributed by atoms with Gasteiger partial charge in [0.15, 0.2) is 6.30 Å². The van der Waals surface area contributed by atoms with Crippen molar-refractivity contribution >= 4 is 12.1 Å². The van der Waals surface area contributed by atoms with E-state index in [0.29, 0.717) is 6.42 Å². The average Bonchev–Trinajstić information content (AvgIpc) is 2.16. The summed E-state index contributed by atoms with van der Waals surface area (Å²) >= 11 is 0. The number of halogens is 1. The molecule has 16 heavy (non-hydrogen) atoms. The highest BCUT2D eigenvalue weighted by Gasteiger charge is 2.15. The molecule has 2 atom stereocenters. The maximum absolute atomic E-state index is 12.7. The molecule has 0 aromatic carbocycles. The number of carbonyl (C=O) groups excluding carboxylic acids is 2. The standard InChI is InChI=1S/C10H18FNO4/c1-4-6-9(13)15-7(3)16-10(14)12-8(11)5-2/h7-8H,4-6H2,1-3H3,(H,12,14). The van der Waals surface area contributed by atoms with Gasteiger partial charge in [0.25, 0.3) is 0 Å². The zero-order valence-electron chi connectivity index (χ0n) is 9.79. The van der Waals surface area contributed by atoms with E-state index in [4.69, 9.17) is 4.74 Å². The molecule has 6 heteroatoms. The predicted molar refractivity (Wildman–Crippen MR) is 55.3 cm³/mol. The van der Waals surface area contributed by atoms with Crippen LogP contribution >= 0.6 is 0 Å². The van der Waals surface area contributed by atoms with Gasteiger partial charge in [0.05, 0.1) is 0 Å². The lowest BCUT2D eigenvalue weighted by Gasteiger charge is -2.15. The van der Waals surface area contributed by atoms with Crippen molar-refractivity contribution in [2.45, 2.75) is 52.6 Å². The Hall–Kier alpha value is -1.33. The van der Waals surface area contributed by atoms with Gasteiger partial charge in [-0.1, -0.05) is 13.8 Å². The van der Waals surface area contributed by atoms with Gasteiger partial charge < -0.3 is 9.47 Å². The molecule has 0 aromatic rings. The van der Waals surface area contributed by atoms with Crippen molar-refractivity contribution in [2.24, 2.45) is 0 Å². The van der Waals surface area contributed by atoms with E-state index in [9.17, 15) is 14.0 Å². The fraction of sp³-hybridized carbons (Fsp3) is 0.800. The van der Waals surface area contributed by atoms with Gasteiger partial charge in [-0.05, 0) is 12.8 Å². The molecule has 94 valence electrons. The SMILES string of the molecule is CCCC(=O)OC(C)OC(=O)NC(F)CC. The quantitative estimate of drug-likeness (QED) is 0.435. The molecule has 0 aliphatic rings. The third kappa shape index (κ3) is 7.03. The fourth-order valence-electron chi connectivity index (χ4n) is 0.887. The molecule has 0 heterocycles. The molecule has 0 aromatic heterocycles. The number of esters is 1. The van der Waals surface area contributed by atoms with Gasteiger partial charge in [0.2, 0.25) is 6.29 Å². The Labute approximate surface area is 94.3 Å². The topological polar surface area (TPSA) is 64.6 Å².